The molecule has 1 aliphatic rings. The molecule has 0 saturated carbocycles. The van der Waals surface area contributed by atoms with E-state index in [1.807, 2.05) is 0 Å². The molecule has 1 aliphatic heterocycles. The van der Waals surface area contributed by atoms with Crippen molar-refractivity contribution in [3.63, 3.8) is 0 Å². The van der Waals surface area contributed by atoms with E-state index in [9.17, 15) is 22.8 Å². The van der Waals surface area contributed by atoms with Crippen molar-refractivity contribution in [2.75, 3.05) is 18.4 Å². The maximum absolute atomic E-state index is 14.6. The number of fused-ring (bicyclic) bond motifs is 1. The molecule has 0 radical (unpaired) electrons. The predicted molar refractivity (Wildman–Crippen MR) is 118 cm³/mol. The molecular weight excluding hydrogens is 435 g/mol. The molecule has 0 unspecified atom stereocenters. The summed E-state index contributed by atoms with van der Waals surface area (Å²) >= 11 is 0. The number of benzene rings is 1. The highest BCUT2D eigenvalue weighted by atomic mass is 19.3. The van der Waals surface area contributed by atoms with Gasteiger partial charge in [0.1, 0.15) is 23.6 Å². The minimum Gasteiger partial charge on any atom is -0.363 e. The van der Waals surface area contributed by atoms with Crippen LogP contribution in [0.25, 0.3) is 11.0 Å². The zero-order valence-corrected chi connectivity index (χ0v) is 18.5. The van der Waals surface area contributed by atoms with Crippen molar-refractivity contribution in [1.29, 1.82) is 0 Å². The average molecular weight is 459 g/mol. The molecule has 3 aromatic rings. The van der Waals surface area contributed by atoms with Crippen LogP contribution in [-0.4, -0.2) is 38.4 Å². The van der Waals surface area contributed by atoms with Crippen LogP contribution < -0.4 is 10.9 Å². The molecule has 0 aliphatic carbocycles. The molecule has 1 fully saturated rings. The summed E-state index contributed by atoms with van der Waals surface area (Å²) in [5, 5.41) is 3.63. The summed E-state index contributed by atoms with van der Waals surface area (Å²) in [7, 11) is 1.61. The van der Waals surface area contributed by atoms with Crippen LogP contribution in [0.1, 0.15) is 55.3 Å². The average Bonchev–Trinajstić information content (AvgIpc) is 3.27. The van der Waals surface area contributed by atoms with E-state index >= 15 is 0 Å². The SMILES string of the molecule is CC(=O)N1CC[C@H](c2cc3c(N[C@H](C)c4cccc(C(F)F)c4F)ncnc3n(C)c2=O)C1. The van der Waals surface area contributed by atoms with Crippen LogP contribution in [0.3, 0.4) is 0 Å². The standard InChI is InChI=1S/C23H24F3N5O2/c1-12(15-5-4-6-16(19(15)24)20(25)26)29-21-18-9-17(14-7-8-31(10-14)13(2)32)23(33)30(3)22(18)28-11-27-21/h4-6,9,11-12,14,20H,7-8,10H2,1-3H3,(H,27,28,29)/t12-,14+/m1/s1. The zero-order chi connectivity index (χ0) is 23.9. The number of anilines is 1. The van der Waals surface area contributed by atoms with Gasteiger partial charge in [-0.15, -0.1) is 0 Å². The molecule has 7 nitrogen and oxygen atoms in total. The van der Waals surface area contributed by atoms with Gasteiger partial charge in [0.2, 0.25) is 5.91 Å². The fourth-order valence-electron chi connectivity index (χ4n) is 4.36. The molecule has 0 spiro atoms. The molecule has 33 heavy (non-hydrogen) atoms. The predicted octanol–water partition coefficient (Wildman–Crippen LogP) is 3.91. The lowest BCUT2D eigenvalue weighted by Crippen LogP contribution is -2.28. The molecule has 1 aromatic carbocycles. The van der Waals surface area contributed by atoms with Gasteiger partial charge in [-0.25, -0.2) is 23.1 Å². The number of rotatable bonds is 5. The molecule has 10 heteroatoms. The molecule has 4 rings (SSSR count). The Morgan fingerprint density at radius 1 is 1.24 bits per heavy atom. The minimum absolute atomic E-state index is 0.0392. The topological polar surface area (TPSA) is 80.1 Å². The number of hydrogen-bond donors (Lipinski definition) is 1. The molecule has 1 N–H and O–H groups in total. The van der Waals surface area contributed by atoms with E-state index in [-0.39, 0.29) is 22.9 Å². The Kier molecular flexibility index (Phi) is 6.09. The van der Waals surface area contributed by atoms with Crippen LogP contribution in [0.15, 0.2) is 35.4 Å². The first-order valence-corrected chi connectivity index (χ1v) is 10.6. The third-order valence-electron chi connectivity index (χ3n) is 6.22. The second-order valence-electron chi connectivity index (χ2n) is 8.29. The van der Waals surface area contributed by atoms with Gasteiger partial charge >= 0.3 is 0 Å². The van der Waals surface area contributed by atoms with Gasteiger partial charge in [-0.3, -0.25) is 14.2 Å². The number of pyridine rings is 1. The number of aromatic nitrogens is 3. The molecule has 1 saturated heterocycles. The first kappa shape index (κ1) is 22.8. The van der Waals surface area contributed by atoms with E-state index in [2.05, 4.69) is 15.3 Å². The Balaban J connectivity index is 1.74. The normalized spacial score (nSPS) is 17.1. The quantitative estimate of drug-likeness (QED) is 0.626. The number of aryl methyl sites for hydroxylation is 1. The lowest BCUT2D eigenvalue weighted by molar-refractivity contribution is -0.127. The third-order valence-corrected chi connectivity index (χ3v) is 6.22. The second-order valence-corrected chi connectivity index (χ2v) is 8.29. The monoisotopic (exact) mass is 459 g/mol. The van der Waals surface area contributed by atoms with Gasteiger partial charge in [-0.05, 0) is 19.4 Å². The fraction of sp³-hybridized carbons (Fsp3) is 0.391. The van der Waals surface area contributed by atoms with Crippen molar-refractivity contribution < 1.29 is 18.0 Å². The first-order chi connectivity index (χ1) is 15.7. The van der Waals surface area contributed by atoms with Gasteiger partial charge in [0.05, 0.1) is 17.0 Å². The Morgan fingerprint density at radius 3 is 2.64 bits per heavy atom. The number of carbonyl (C=O) groups is 1. The maximum atomic E-state index is 14.6. The van der Waals surface area contributed by atoms with E-state index in [4.69, 9.17) is 0 Å². The highest BCUT2D eigenvalue weighted by Crippen LogP contribution is 2.31. The summed E-state index contributed by atoms with van der Waals surface area (Å²) in [6, 6.07) is 4.93. The molecule has 174 valence electrons. The van der Waals surface area contributed by atoms with Crippen molar-refractivity contribution in [1.82, 2.24) is 19.4 Å². The summed E-state index contributed by atoms with van der Waals surface area (Å²) in [5.74, 6) is -0.771. The van der Waals surface area contributed by atoms with Crippen molar-refractivity contribution in [2.45, 2.75) is 38.7 Å². The van der Waals surface area contributed by atoms with E-state index in [1.54, 1.807) is 24.9 Å². The van der Waals surface area contributed by atoms with E-state index in [0.717, 1.165) is 6.07 Å². The number of likely N-dealkylation sites (tertiary alicyclic amines) is 1. The van der Waals surface area contributed by atoms with Crippen molar-refractivity contribution in [2.24, 2.45) is 7.05 Å². The minimum atomic E-state index is -2.92. The molecule has 2 atom stereocenters. The van der Waals surface area contributed by atoms with Gasteiger partial charge < -0.3 is 10.2 Å². The van der Waals surface area contributed by atoms with Crippen LogP contribution in [0.2, 0.25) is 0 Å². The van der Waals surface area contributed by atoms with Crippen LogP contribution in [-0.2, 0) is 11.8 Å². The second kappa shape index (κ2) is 8.84. The highest BCUT2D eigenvalue weighted by molar-refractivity contribution is 5.87. The van der Waals surface area contributed by atoms with E-state index < -0.39 is 23.8 Å². The summed E-state index contributed by atoms with van der Waals surface area (Å²) in [4.78, 5) is 34.9. The van der Waals surface area contributed by atoms with E-state index in [0.29, 0.717) is 41.9 Å². The maximum Gasteiger partial charge on any atom is 0.266 e. The molecule has 3 heterocycles. The number of alkyl halides is 2. The zero-order valence-electron chi connectivity index (χ0n) is 18.5. The molecule has 0 bridgehead atoms. The first-order valence-electron chi connectivity index (χ1n) is 10.6. The Hall–Kier alpha value is -3.43. The Morgan fingerprint density at radius 2 is 1.97 bits per heavy atom. The van der Waals surface area contributed by atoms with Gasteiger partial charge in [-0.1, -0.05) is 18.2 Å². The molecule has 2 aromatic heterocycles. The number of hydrogen-bond acceptors (Lipinski definition) is 5. The fourth-order valence-corrected chi connectivity index (χ4v) is 4.36. The summed E-state index contributed by atoms with van der Waals surface area (Å²) < 4.78 is 42.3. The summed E-state index contributed by atoms with van der Waals surface area (Å²) in [5.41, 5.74) is 0.153. The Bertz CT molecular complexity index is 1280. The van der Waals surface area contributed by atoms with Crippen LogP contribution in [0.4, 0.5) is 19.0 Å². The lowest BCUT2D eigenvalue weighted by Gasteiger charge is -2.19. The Labute approximate surface area is 188 Å². The number of carbonyl (C=O) groups excluding carboxylic acids is 1. The van der Waals surface area contributed by atoms with Crippen LogP contribution in [0, 0.1) is 5.82 Å². The van der Waals surface area contributed by atoms with Gasteiger partial charge in [0.25, 0.3) is 12.0 Å². The van der Waals surface area contributed by atoms with Crippen LogP contribution in [0.5, 0.6) is 0 Å². The number of nitrogens with zero attached hydrogens (tertiary/aromatic N) is 4. The number of halogens is 3. The lowest BCUT2D eigenvalue weighted by atomic mass is 9.98. The third kappa shape index (κ3) is 4.17. The molecule has 1 amide bonds. The van der Waals surface area contributed by atoms with Crippen molar-refractivity contribution in [3.8, 4) is 0 Å². The smallest absolute Gasteiger partial charge is 0.266 e. The summed E-state index contributed by atoms with van der Waals surface area (Å²) in [6.07, 6.45) is -0.969. The van der Waals surface area contributed by atoms with Crippen molar-refractivity contribution >= 4 is 22.8 Å². The molecular formula is C23H24F3N5O2. The number of amides is 1. The van der Waals surface area contributed by atoms with E-state index in [1.165, 1.54) is 30.0 Å². The summed E-state index contributed by atoms with van der Waals surface area (Å²) in [6.45, 7) is 4.18. The van der Waals surface area contributed by atoms with Gasteiger partial charge in [0.15, 0.2) is 0 Å². The van der Waals surface area contributed by atoms with Gasteiger partial charge in [0, 0.05) is 44.1 Å². The van der Waals surface area contributed by atoms with Gasteiger partial charge in [-0.2, -0.15) is 0 Å². The highest BCUT2D eigenvalue weighted by Gasteiger charge is 2.29. The van der Waals surface area contributed by atoms with Crippen LogP contribution >= 0.6 is 0 Å². The van der Waals surface area contributed by atoms with Crippen molar-refractivity contribution in [3.05, 3.63) is 63.5 Å². The largest absolute Gasteiger partial charge is 0.363 e. The number of nitrogens with one attached hydrogen (secondary N) is 1.